The van der Waals surface area contributed by atoms with E-state index in [2.05, 4.69) is 4.98 Å². The molecule has 3 aromatic rings. The molecule has 3 rings (SSSR count). The fourth-order valence-corrected chi connectivity index (χ4v) is 2.57. The van der Waals surface area contributed by atoms with Crippen LogP contribution in [-0.4, -0.2) is 4.98 Å². The van der Waals surface area contributed by atoms with Gasteiger partial charge in [0.15, 0.2) is 5.43 Å². The minimum Gasteiger partial charge on any atom is -0.360 e. The smallest absolute Gasteiger partial charge is 0.197 e. The summed E-state index contributed by atoms with van der Waals surface area (Å²) in [4.78, 5) is 15.9. The summed E-state index contributed by atoms with van der Waals surface area (Å²) in [7, 11) is 0. The molecular weight excluding hydrogens is 234 g/mol. The van der Waals surface area contributed by atoms with Gasteiger partial charge in [0.2, 0.25) is 0 Å². The molecule has 0 radical (unpaired) electrons. The highest BCUT2D eigenvalue weighted by molar-refractivity contribution is 5.86. The van der Waals surface area contributed by atoms with E-state index in [1.54, 1.807) is 6.20 Å². The highest BCUT2D eigenvalue weighted by atomic mass is 16.1. The van der Waals surface area contributed by atoms with Crippen LogP contribution in [0.4, 0.5) is 0 Å². The molecule has 94 valence electrons. The van der Waals surface area contributed by atoms with E-state index in [9.17, 15) is 4.79 Å². The van der Waals surface area contributed by atoms with Crippen molar-refractivity contribution in [2.45, 2.75) is 13.8 Å². The minimum atomic E-state index is 0.0949. The zero-order chi connectivity index (χ0) is 13.4. The van der Waals surface area contributed by atoms with Crippen LogP contribution in [0.15, 0.2) is 53.5 Å². The van der Waals surface area contributed by atoms with Crippen LogP contribution in [0.25, 0.3) is 22.0 Å². The summed E-state index contributed by atoms with van der Waals surface area (Å²) in [6, 6.07) is 13.8. The van der Waals surface area contributed by atoms with E-state index in [-0.39, 0.29) is 5.43 Å². The van der Waals surface area contributed by atoms with Crippen LogP contribution in [0.5, 0.6) is 0 Å². The summed E-state index contributed by atoms with van der Waals surface area (Å²) in [5.41, 5.74) is 4.85. The molecule has 1 heterocycles. The van der Waals surface area contributed by atoms with E-state index >= 15 is 0 Å². The van der Waals surface area contributed by atoms with Crippen molar-refractivity contribution < 1.29 is 0 Å². The van der Waals surface area contributed by atoms with Gasteiger partial charge in [-0.25, -0.2) is 0 Å². The first-order valence-corrected chi connectivity index (χ1v) is 6.35. The largest absolute Gasteiger partial charge is 0.360 e. The Bertz CT molecular complexity index is 801. The van der Waals surface area contributed by atoms with Crippen LogP contribution >= 0.6 is 0 Å². The third kappa shape index (κ3) is 1.95. The molecule has 0 unspecified atom stereocenters. The molecule has 2 nitrogen and oxygen atoms in total. The van der Waals surface area contributed by atoms with Crippen molar-refractivity contribution >= 4 is 10.9 Å². The van der Waals surface area contributed by atoms with Gasteiger partial charge in [-0.1, -0.05) is 36.4 Å². The van der Waals surface area contributed by atoms with Gasteiger partial charge in [-0.3, -0.25) is 4.79 Å². The van der Waals surface area contributed by atoms with Gasteiger partial charge < -0.3 is 4.98 Å². The molecule has 2 heteroatoms. The molecular formula is C17H15NO. The lowest BCUT2D eigenvalue weighted by Gasteiger charge is -2.07. The van der Waals surface area contributed by atoms with Gasteiger partial charge in [-0.05, 0) is 36.6 Å². The number of H-pyrrole nitrogens is 1. The molecule has 0 aliphatic carbocycles. The minimum absolute atomic E-state index is 0.0949. The lowest BCUT2D eigenvalue weighted by molar-refractivity contribution is 1.34. The second kappa shape index (κ2) is 4.39. The number of fused-ring (bicyclic) bond motifs is 1. The zero-order valence-corrected chi connectivity index (χ0v) is 11.0. The van der Waals surface area contributed by atoms with Crippen LogP contribution in [0.2, 0.25) is 0 Å². The van der Waals surface area contributed by atoms with Gasteiger partial charge in [0.1, 0.15) is 0 Å². The van der Waals surface area contributed by atoms with Gasteiger partial charge in [-0.15, -0.1) is 0 Å². The van der Waals surface area contributed by atoms with Gasteiger partial charge in [-0.2, -0.15) is 0 Å². The highest BCUT2D eigenvalue weighted by Crippen LogP contribution is 2.20. The number of nitrogens with one attached hydrogen (secondary N) is 1. The summed E-state index contributed by atoms with van der Waals surface area (Å²) in [6.07, 6.45) is 1.80. The van der Waals surface area contributed by atoms with E-state index in [1.165, 1.54) is 0 Å². The predicted molar refractivity (Wildman–Crippen MR) is 79.5 cm³/mol. The number of benzene rings is 2. The van der Waals surface area contributed by atoms with E-state index in [4.69, 9.17) is 0 Å². The lowest BCUT2D eigenvalue weighted by Crippen LogP contribution is -2.08. The fraction of sp³-hybridized carbons (Fsp3) is 0.118. The molecule has 2 aromatic carbocycles. The molecule has 0 spiro atoms. The summed E-state index contributed by atoms with van der Waals surface area (Å²) in [5.74, 6) is 0. The molecule has 0 amide bonds. The molecule has 0 aliphatic rings. The van der Waals surface area contributed by atoms with Crippen LogP contribution in [0, 0.1) is 13.8 Å². The van der Waals surface area contributed by atoms with Crippen molar-refractivity contribution in [3.63, 3.8) is 0 Å². The van der Waals surface area contributed by atoms with E-state index in [0.717, 1.165) is 33.2 Å². The first-order valence-electron chi connectivity index (χ1n) is 6.35. The van der Waals surface area contributed by atoms with Gasteiger partial charge in [0.05, 0.1) is 0 Å². The van der Waals surface area contributed by atoms with Gasteiger partial charge >= 0.3 is 0 Å². The van der Waals surface area contributed by atoms with Crippen molar-refractivity contribution in [2.75, 3.05) is 0 Å². The fourth-order valence-electron chi connectivity index (χ4n) is 2.57. The highest BCUT2D eigenvalue weighted by Gasteiger charge is 2.09. The standard InChI is InChI=1S/C17H15NO/c1-11-8-12(2)16-15(9-11)18-10-14(17(16)19)13-6-4-3-5-7-13/h3-10H,1-2H3,(H,18,19). The number of rotatable bonds is 1. The predicted octanol–water partition coefficient (Wildman–Crippen LogP) is 3.81. The Morgan fingerprint density at radius 1 is 1.00 bits per heavy atom. The van der Waals surface area contributed by atoms with Crippen LogP contribution in [-0.2, 0) is 0 Å². The topological polar surface area (TPSA) is 32.9 Å². The van der Waals surface area contributed by atoms with Crippen LogP contribution in [0.3, 0.4) is 0 Å². The number of pyridine rings is 1. The molecule has 0 fully saturated rings. The molecule has 0 aliphatic heterocycles. The number of aryl methyl sites for hydroxylation is 2. The monoisotopic (exact) mass is 249 g/mol. The normalized spacial score (nSPS) is 10.8. The maximum Gasteiger partial charge on any atom is 0.197 e. The number of hydrogen-bond acceptors (Lipinski definition) is 1. The van der Waals surface area contributed by atoms with Crippen LogP contribution in [0.1, 0.15) is 11.1 Å². The molecule has 1 N–H and O–H groups in total. The van der Waals surface area contributed by atoms with Crippen molar-refractivity contribution in [3.05, 3.63) is 70.0 Å². The molecule has 0 saturated carbocycles. The zero-order valence-electron chi connectivity index (χ0n) is 11.0. The Morgan fingerprint density at radius 3 is 2.47 bits per heavy atom. The van der Waals surface area contributed by atoms with Crippen molar-refractivity contribution in [1.82, 2.24) is 4.98 Å². The molecule has 19 heavy (non-hydrogen) atoms. The van der Waals surface area contributed by atoms with E-state index in [0.29, 0.717) is 0 Å². The summed E-state index contributed by atoms with van der Waals surface area (Å²) in [5, 5.41) is 0.784. The quantitative estimate of drug-likeness (QED) is 0.699. The molecule has 0 atom stereocenters. The van der Waals surface area contributed by atoms with Crippen molar-refractivity contribution in [2.24, 2.45) is 0 Å². The number of aromatic nitrogens is 1. The molecule has 0 bridgehead atoms. The van der Waals surface area contributed by atoms with E-state index < -0.39 is 0 Å². The number of hydrogen-bond donors (Lipinski definition) is 1. The Labute approximate surface area is 111 Å². The Morgan fingerprint density at radius 2 is 1.74 bits per heavy atom. The lowest BCUT2D eigenvalue weighted by atomic mass is 10.0. The average Bonchev–Trinajstić information content (AvgIpc) is 2.39. The molecule has 0 saturated heterocycles. The second-order valence-corrected chi connectivity index (χ2v) is 4.90. The van der Waals surface area contributed by atoms with E-state index in [1.807, 2.05) is 56.3 Å². The first kappa shape index (κ1) is 11.7. The SMILES string of the molecule is Cc1cc(C)c2c(=O)c(-c3ccccc3)c[nH]c2c1. The number of aromatic amines is 1. The molecule has 1 aromatic heterocycles. The Hall–Kier alpha value is -2.35. The Balaban J connectivity index is 2.37. The van der Waals surface area contributed by atoms with Crippen molar-refractivity contribution in [3.8, 4) is 11.1 Å². The maximum absolute atomic E-state index is 12.6. The summed E-state index contributed by atoms with van der Waals surface area (Å²) < 4.78 is 0. The summed E-state index contributed by atoms with van der Waals surface area (Å²) >= 11 is 0. The van der Waals surface area contributed by atoms with Gasteiger partial charge in [0.25, 0.3) is 0 Å². The van der Waals surface area contributed by atoms with Crippen LogP contribution < -0.4 is 5.43 Å². The second-order valence-electron chi connectivity index (χ2n) is 4.90. The maximum atomic E-state index is 12.6. The van der Waals surface area contributed by atoms with Gasteiger partial charge in [0, 0.05) is 22.7 Å². The summed E-state index contributed by atoms with van der Waals surface area (Å²) in [6.45, 7) is 4.02. The average molecular weight is 249 g/mol. The third-order valence-electron chi connectivity index (χ3n) is 3.41. The first-order chi connectivity index (χ1) is 9.16. The van der Waals surface area contributed by atoms with Crippen molar-refractivity contribution in [1.29, 1.82) is 0 Å². The Kier molecular flexibility index (Phi) is 2.71. The third-order valence-corrected chi connectivity index (χ3v) is 3.41.